The summed E-state index contributed by atoms with van der Waals surface area (Å²) in [6, 6.07) is 68.5. The predicted octanol–water partition coefficient (Wildman–Crippen LogP) is 13.7. The van der Waals surface area contributed by atoms with Crippen LogP contribution in [0.5, 0.6) is 0 Å². The van der Waals surface area contributed by atoms with Crippen LogP contribution in [0.25, 0.3) is 104 Å². The molecule has 262 valence electrons. The number of rotatable bonds is 6. The van der Waals surface area contributed by atoms with E-state index in [1.165, 1.54) is 47.6 Å². The molecule has 0 aliphatic carbocycles. The zero-order valence-corrected chi connectivity index (χ0v) is 31.0. The van der Waals surface area contributed by atoms with Crippen molar-refractivity contribution in [1.29, 1.82) is 0 Å². The monoisotopic (exact) mass is 732 g/mol. The molecule has 0 N–H and O–H groups in total. The summed E-state index contributed by atoms with van der Waals surface area (Å²) < 4.78 is 5.00. The number of thiophene rings is 1. The number of hydrogen-bond acceptors (Lipinski definition) is 4. The van der Waals surface area contributed by atoms with Crippen molar-refractivity contribution in [3.8, 4) is 62.1 Å². The Kier molecular flexibility index (Phi) is 7.64. The smallest absolute Gasteiger partial charge is 0.164 e. The van der Waals surface area contributed by atoms with Crippen LogP contribution in [-0.4, -0.2) is 19.5 Å². The van der Waals surface area contributed by atoms with E-state index in [-0.39, 0.29) is 0 Å². The van der Waals surface area contributed by atoms with E-state index >= 15 is 0 Å². The van der Waals surface area contributed by atoms with Gasteiger partial charge in [-0.1, -0.05) is 164 Å². The summed E-state index contributed by atoms with van der Waals surface area (Å²) in [6.45, 7) is 0. The molecule has 8 aromatic carbocycles. The highest BCUT2D eigenvalue weighted by atomic mass is 32.1. The van der Waals surface area contributed by atoms with Gasteiger partial charge in [-0.3, -0.25) is 0 Å². The van der Waals surface area contributed by atoms with Gasteiger partial charge >= 0.3 is 0 Å². The Balaban J connectivity index is 1.22. The molecular weight excluding hydrogens is 701 g/mol. The lowest BCUT2D eigenvalue weighted by Gasteiger charge is -2.15. The molecular formula is C51H32N4S. The van der Waals surface area contributed by atoms with Crippen LogP contribution in [0.3, 0.4) is 0 Å². The maximum atomic E-state index is 5.17. The topological polar surface area (TPSA) is 43.6 Å². The van der Waals surface area contributed by atoms with Gasteiger partial charge in [0, 0.05) is 48.6 Å². The van der Waals surface area contributed by atoms with Gasteiger partial charge < -0.3 is 4.57 Å². The van der Waals surface area contributed by atoms with Gasteiger partial charge in [-0.25, -0.2) is 15.0 Å². The first-order chi connectivity index (χ1) is 27.8. The summed E-state index contributed by atoms with van der Waals surface area (Å²) in [7, 11) is 0. The number of aromatic nitrogens is 4. The lowest BCUT2D eigenvalue weighted by molar-refractivity contribution is 1.07. The third kappa shape index (κ3) is 5.40. The summed E-state index contributed by atoms with van der Waals surface area (Å²) in [5.41, 5.74) is 10.9. The Morgan fingerprint density at radius 2 is 0.911 bits per heavy atom. The van der Waals surface area contributed by atoms with Crippen molar-refractivity contribution in [2.24, 2.45) is 0 Å². The number of benzene rings is 8. The second kappa shape index (κ2) is 13.3. The normalized spacial score (nSPS) is 11.6. The van der Waals surface area contributed by atoms with E-state index in [9.17, 15) is 0 Å². The van der Waals surface area contributed by atoms with Crippen LogP contribution in [0, 0.1) is 0 Å². The number of nitrogens with zero attached hydrogens (tertiary/aromatic N) is 4. The number of fused-ring (bicyclic) bond motifs is 7. The Hall–Kier alpha value is -7.21. The molecule has 0 aliphatic heterocycles. The van der Waals surface area contributed by atoms with E-state index in [0.29, 0.717) is 17.5 Å². The minimum atomic E-state index is 0.622. The van der Waals surface area contributed by atoms with Crippen LogP contribution < -0.4 is 0 Å². The van der Waals surface area contributed by atoms with Crippen LogP contribution >= 0.6 is 11.3 Å². The third-order valence-electron chi connectivity index (χ3n) is 10.6. The average molecular weight is 733 g/mol. The van der Waals surface area contributed by atoms with Crippen LogP contribution in [0.15, 0.2) is 194 Å². The molecule has 0 spiro atoms. The molecule has 0 bridgehead atoms. The van der Waals surface area contributed by atoms with E-state index in [2.05, 4.69) is 162 Å². The molecule has 0 unspecified atom stereocenters. The lowest BCUT2D eigenvalue weighted by atomic mass is 9.99. The zero-order valence-electron chi connectivity index (χ0n) is 30.2. The van der Waals surface area contributed by atoms with Gasteiger partial charge in [-0.05, 0) is 52.6 Å². The summed E-state index contributed by atoms with van der Waals surface area (Å²) in [6.07, 6.45) is 0. The largest absolute Gasteiger partial charge is 0.308 e. The highest BCUT2D eigenvalue weighted by Crippen LogP contribution is 2.46. The molecule has 5 heteroatoms. The minimum Gasteiger partial charge on any atom is -0.308 e. The molecule has 56 heavy (non-hydrogen) atoms. The number of hydrogen-bond donors (Lipinski definition) is 0. The first-order valence-electron chi connectivity index (χ1n) is 18.8. The van der Waals surface area contributed by atoms with Crippen molar-refractivity contribution in [3.63, 3.8) is 0 Å². The van der Waals surface area contributed by atoms with Crippen molar-refractivity contribution in [2.45, 2.75) is 0 Å². The maximum Gasteiger partial charge on any atom is 0.164 e. The van der Waals surface area contributed by atoms with Crippen LogP contribution in [-0.2, 0) is 0 Å². The summed E-state index contributed by atoms with van der Waals surface area (Å²) >= 11 is 1.87. The van der Waals surface area contributed by atoms with E-state index < -0.39 is 0 Å². The first kappa shape index (κ1) is 32.2. The third-order valence-corrected chi connectivity index (χ3v) is 11.8. The van der Waals surface area contributed by atoms with Gasteiger partial charge in [0.15, 0.2) is 17.5 Å². The fourth-order valence-corrected chi connectivity index (χ4v) is 9.33. The van der Waals surface area contributed by atoms with Crippen LogP contribution in [0.1, 0.15) is 0 Å². The van der Waals surface area contributed by atoms with E-state index in [4.69, 9.17) is 15.0 Å². The summed E-state index contributed by atoms with van der Waals surface area (Å²) in [4.78, 5) is 15.3. The second-order valence-corrected chi connectivity index (χ2v) is 15.1. The Morgan fingerprint density at radius 1 is 0.375 bits per heavy atom. The second-order valence-electron chi connectivity index (χ2n) is 14.0. The van der Waals surface area contributed by atoms with Crippen molar-refractivity contribution in [3.05, 3.63) is 194 Å². The molecule has 3 heterocycles. The van der Waals surface area contributed by atoms with E-state index in [0.717, 1.165) is 39.0 Å². The van der Waals surface area contributed by atoms with Crippen molar-refractivity contribution in [1.82, 2.24) is 19.5 Å². The highest BCUT2D eigenvalue weighted by Gasteiger charge is 2.21. The Labute approximate surface area is 327 Å². The molecule has 11 rings (SSSR count). The quantitative estimate of drug-likeness (QED) is 0.171. The molecule has 0 fully saturated rings. The van der Waals surface area contributed by atoms with Gasteiger partial charge in [0.1, 0.15) is 0 Å². The maximum absolute atomic E-state index is 5.17. The zero-order chi connectivity index (χ0) is 37.0. The minimum absolute atomic E-state index is 0.622. The van der Waals surface area contributed by atoms with E-state index in [1.54, 1.807) is 0 Å². The van der Waals surface area contributed by atoms with Crippen molar-refractivity contribution in [2.75, 3.05) is 0 Å². The molecule has 11 aromatic rings. The highest BCUT2D eigenvalue weighted by molar-refractivity contribution is 7.26. The average Bonchev–Trinajstić information content (AvgIpc) is 3.84. The molecule has 0 amide bonds. The van der Waals surface area contributed by atoms with E-state index in [1.807, 2.05) is 47.7 Å². The Morgan fingerprint density at radius 3 is 1.57 bits per heavy atom. The molecule has 0 aliphatic rings. The summed E-state index contributed by atoms with van der Waals surface area (Å²) in [5.74, 6) is 1.90. The molecule has 0 saturated carbocycles. The molecule has 4 nitrogen and oxygen atoms in total. The van der Waals surface area contributed by atoms with Gasteiger partial charge in [0.05, 0.1) is 15.7 Å². The first-order valence-corrected chi connectivity index (χ1v) is 19.6. The molecule has 0 atom stereocenters. The van der Waals surface area contributed by atoms with Gasteiger partial charge in [0.25, 0.3) is 0 Å². The van der Waals surface area contributed by atoms with Gasteiger partial charge in [-0.15, -0.1) is 11.3 Å². The van der Waals surface area contributed by atoms with Crippen LogP contribution in [0.4, 0.5) is 0 Å². The number of para-hydroxylation sites is 1. The SMILES string of the molecule is c1ccc(-c2cc(-c3nc(-c4ccccc4)nc(-c4ccccc4)n3)cc(-n3c4ccccc4c4ccc5c(sc6cccc(-c7ccccc7)c65)c43)c2)cc1. The molecule has 3 aromatic heterocycles. The fourth-order valence-electron chi connectivity index (χ4n) is 8.06. The van der Waals surface area contributed by atoms with Crippen LogP contribution in [0.2, 0.25) is 0 Å². The summed E-state index contributed by atoms with van der Waals surface area (Å²) in [5, 5.41) is 5.00. The predicted molar refractivity (Wildman–Crippen MR) is 234 cm³/mol. The molecule has 0 radical (unpaired) electrons. The molecule has 0 saturated heterocycles. The van der Waals surface area contributed by atoms with Crippen molar-refractivity contribution >= 4 is 53.3 Å². The van der Waals surface area contributed by atoms with Gasteiger partial charge in [-0.2, -0.15) is 0 Å². The fraction of sp³-hybridized carbons (Fsp3) is 0. The van der Waals surface area contributed by atoms with Crippen molar-refractivity contribution < 1.29 is 0 Å². The lowest BCUT2D eigenvalue weighted by Crippen LogP contribution is -2.01. The van der Waals surface area contributed by atoms with Gasteiger partial charge in [0.2, 0.25) is 0 Å². The standard InChI is InChI=1S/C51H32N4S/c1-5-16-33(17-6-1)37-30-38(51-53-49(35-20-9-3-10-21-35)52-50(54-51)36-22-11-4-12-23-36)32-39(31-37)55-44-26-14-13-24-41(44)42-28-29-43-46-40(34-18-7-2-8-19-34)25-15-27-45(46)56-48(43)47(42)55/h1-32H. The Bertz CT molecular complexity index is 3170.